The molecule has 1 rings (SSSR count). The largest absolute Gasteiger partial charge is 0.398 e. The second-order valence-corrected chi connectivity index (χ2v) is 6.91. The molecule has 6 heteroatoms. The van der Waals surface area contributed by atoms with Gasteiger partial charge in [0.1, 0.15) is 0 Å². The molecular formula is C15H26N2O3S. The number of benzene rings is 1. The Balaban J connectivity index is 3.20. The third kappa shape index (κ3) is 4.18. The van der Waals surface area contributed by atoms with Gasteiger partial charge in [-0.15, -0.1) is 0 Å². The monoisotopic (exact) mass is 314 g/mol. The van der Waals surface area contributed by atoms with Crippen LogP contribution in [0.2, 0.25) is 0 Å². The number of sulfonamides is 1. The van der Waals surface area contributed by atoms with E-state index < -0.39 is 10.0 Å². The lowest BCUT2D eigenvalue weighted by molar-refractivity contribution is 0.138. The predicted octanol–water partition coefficient (Wildman–Crippen LogP) is 2.05. The summed E-state index contributed by atoms with van der Waals surface area (Å²) in [5.74, 6) is 0. The molecule has 0 unspecified atom stereocenters. The summed E-state index contributed by atoms with van der Waals surface area (Å²) in [5, 5.41) is 0. The van der Waals surface area contributed by atoms with Crippen LogP contribution in [-0.4, -0.2) is 39.5 Å². The highest BCUT2D eigenvalue weighted by molar-refractivity contribution is 7.89. The molecule has 0 spiro atoms. The normalized spacial score (nSPS) is 12.0. The van der Waals surface area contributed by atoms with Crippen LogP contribution >= 0.6 is 0 Å². The molecular weight excluding hydrogens is 288 g/mol. The third-order valence-corrected chi connectivity index (χ3v) is 5.43. The van der Waals surface area contributed by atoms with Crippen molar-refractivity contribution in [3.05, 3.63) is 23.3 Å². The lowest BCUT2D eigenvalue weighted by Gasteiger charge is -2.20. The van der Waals surface area contributed by atoms with Gasteiger partial charge >= 0.3 is 0 Å². The molecule has 0 aliphatic carbocycles. The van der Waals surface area contributed by atoms with Gasteiger partial charge in [-0.25, -0.2) is 8.42 Å². The average Bonchev–Trinajstić information content (AvgIpc) is 2.46. The van der Waals surface area contributed by atoms with E-state index in [-0.39, 0.29) is 0 Å². The van der Waals surface area contributed by atoms with Gasteiger partial charge in [0.25, 0.3) is 0 Å². The lowest BCUT2D eigenvalue weighted by atomic mass is 10.1. The van der Waals surface area contributed by atoms with E-state index in [0.29, 0.717) is 42.3 Å². The molecule has 0 saturated heterocycles. The van der Waals surface area contributed by atoms with Gasteiger partial charge in [0.05, 0.1) is 11.5 Å². The van der Waals surface area contributed by atoms with Gasteiger partial charge in [-0.3, -0.25) is 0 Å². The van der Waals surface area contributed by atoms with E-state index in [0.717, 1.165) is 12.0 Å². The van der Waals surface area contributed by atoms with Gasteiger partial charge < -0.3 is 10.5 Å². The molecule has 0 aliphatic rings. The number of hydrogen-bond donors (Lipinski definition) is 1. The first-order chi connectivity index (χ1) is 9.88. The standard InChI is InChI=1S/C15H26N2O3S/c1-5-12-10-14(16)13(6-2)15(11-12)21(18,19)17(4)8-9-20-7-3/h10-11H,5-9,16H2,1-4H3. The summed E-state index contributed by atoms with van der Waals surface area (Å²) < 4.78 is 32.0. The molecule has 120 valence electrons. The molecule has 0 radical (unpaired) electrons. The fourth-order valence-electron chi connectivity index (χ4n) is 2.16. The molecule has 1 aromatic rings. The zero-order valence-corrected chi connectivity index (χ0v) is 14.2. The number of likely N-dealkylation sites (N-methyl/N-ethyl adjacent to an activating group) is 1. The highest BCUT2D eigenvalue weighted by Crippen LogP contribution is 2.27. The van der Waals surface area contributed by atoms with E-state index in [4.69, 9.17) is 10.5 Å². The van der Waals surface area contributed by atoms with E-state index in [9.17, 15) is 8.42 Å². The topological polar surface area (TPSA) is 72.6 Å². The number of hydrogen-bond acceptors (Lipinski definition) is 4. The van der Waals surface area contributed by atoms with Crippen molar-refractivity contribution in [2.75, 3.05) is 32.5 Å². The number of nitrogens with zero attached hydrogens (tertiary/aromatic N) is 1. The van der Waals surface area contributed by atoms with Crippen molar-refractivity contribution in [1.29, 1.82) is 0 Å². The molecule has 0 fully saturated rings. The number of ether oxygens (including phenoxy) is 1. The zero-order chi connectivity index (χ0) is 16.0. The molecule has 0 heterocycles. The summed E-state index contributed by atoms with van der Waals surface area (Å²) >= 11 is 0. The minimum atomic E-state index is -3.54. The number of aryl methyl sites for hydroxylation is 1. The molecule has 21 heavy (non-hydrogen) atoms. The smallest absolute Gasteiger partial charge is 0.243 e. The molecule has 0 aliphatic heterocycles. The molecule has 0 saturated carbocycles. The molecule has 0 atom stereocenters. The quantitative estimate of drug-likeness (QED) is 0.589. The van der Waals surface area contributed by atoms with Crippen LogP contribution in [0.1, 0.15) is 31.9 Å². The summed E-state index contributed by atoms with van der Waals surface area (Å²) in [6.45, 7) is 7.07. The third-order valence-electron chi connectivity index (χ3n) is 3.51. The Hall–Kier alpha value is -1.11. The van der Waals surface area contributed by atoms with Crippen LogP contribution in [0.4, 0.5) is 5.69 Å². The second kappa shape index (κ2) is 7.77. The van der Waals surface area contributed by atoms with Crippen molar-refractivity contribution in [3.8, 4) is 0 Å². The summed E-state index contributed by atoms with van der Waals surface area (Å²) in [7, 11) is -1.97. The van der Waals surface area contributed by atoms with Crippen molar-refractivity contribution < 1.29 is 13.2 Å². The van der Waals surface area contributed by atoms with Crippen LogP contribution in [0.25, 0.3) is 0 Å². The van der Waals surface area contributed by atoms with E-state index in [2.05, 4.69) is 0 Å². The Morgan fingerprint density at radius 3 is 2.38 bits per heavy atom. The van der Waals surface area contributed by atoms with E-state index in [1.54, 1.807) is 13.1 Å². The van der Waals surface area contributed by atoms with E-state index in [1.165, 1.54) is 4.31 Å². The van der Waals surface area contributed by atoms with Crippen molar-refractivity contribution in [2.24, 2.45) is 0 Å². The van der Waals surface area contributed by atoms with Gasteiger partial charge in [-0.1, -0.05) is 13.8 Å². The summed E-state index contributed by atoms with van der Waals surface area (Å²) in [5.41, 5.74) is 8.19. The van der Waals surface area contributed by atoms with Gasteiger partial charge in [0, 0.05) is 25.9 Å². The molecule has 0 bridgehead atoms. The highest BCUT2D eigenvalue weighted by atomic mass is 32.2. The van der Waals surface area contributed by atoms with E-state index in [1.807, 2.05) is 26.8 Å². The Bertz CT molecular complexity index is 571. The minimum Gasteiger partial charge on any atom is -0.398 e. The minimum absolute atomic E-state index is 0.320. The predicted molar refractivity (Wildman–Crippen MR) is 85.9 cm³/mol. The van der Waals surface area contributed by atoms with Gasteiger partial charge in [-0.2, -0.15) is 4.31 Å². The molecule has 0 amide bonds. The molecule has 2 N–H and O–H groups in total. The number of nitrogen functional groups attached to an aromatic ring is 1. The van der Waals surface area contributed by atoms with Crippen LogP contribution in [0, 0.1) is 0 Å². The maximum absolute atomic E-state index is 12.7. The number of nitrogens with two attached hydrogens (primary N) is 1. The Labute approximate surface area is 128 Å². The van der Waals surface area contributed by atoms with Crippen LogP contribution < -0.4 is 5.73 Å². The summed E-state index contributed by atoms with van der Waals surface area (Å²) in [6.07, 6.45) is 1.34. The highest BCUT2D eigenvalue weighted by Gasteiger charge is 2.25. The SMILES string of the molecule is CCOCCN(C)S(=O)(=O)c1cc(CC)cc(N)c1CC. The molecule has 5 nitrogen and oxygen atoms in total. The summed E-state index contributed by atoms with van der Waals surface area (Å²) in [4.78, 5) is 0.320. The van der Waals surface area contributed by atoms with Crippen molar-refractivity contribution in [1.82, 2.24) is 4.31 Å². The Morgan fingerprint density at radius 1 is 1.19 bits per heavy atom. The van der Waals surface area contributed by atoms with Gasteiger partial charge in [-0.05, 0) is 43.0 Å². The van der Waals surface area contributed by atoms with Gasteiger partial charge in [0.2, 0.25) is 10.0 Å². The van der Waals surface area contributed by atoms with Gasteiger partial charge in [0.15, 0.2) is 0 Å². The fourth-order valence-corrected chi connectivity index (χ4v) is 3.69. The maximum Gasteiger partial charge on any atom is 0.243 e. The van der Waals surface area contributed by atoms with Crippen molar-refractivity contribution >= 4 is 15.7 Å². The number of anilines is 1. The Kier molecular flexibility index (Phi) is 6.64. The van der Waals surface area contributed by atoms with Crippen molar-refractivity contribution in [3.63, 3.8) is 0 Å². The van der Waals surface area contributed by atoms with E-state index >= 15 is 0 Å². The first-order valence-electron chi connectivity index (χ1n) is 7.33. The van der Waals surface area contributed by atoms with Crippen molar-refractivity contribution in [2.45, 2.75) is 38.5 Å². The number of rotatable bonds is 8. The first-order valence-corrected chi connectivity index (χ1v) is 8.77. The van der Waals surface area contributed by atoms with Crippen LogP contribution in [0.5, 0.6) is 0 Å². The maximum atomic E-state index is 12.7. The molecule has 1 aromatic carbocycles. The molecule has 0 aromatic heterocycles. The van der Waals surface area contributed by atoms with Crippen LogP contribution in [-0.2, 0) is 27.6 Å². The summed E-state index contributed by atoms with van der Waals surface area (Å²) in [6, 6.07) is 3.60. The Morgan fingerprint density at radius 2 is 1.86 bits per heavy atom. The van der Waals surface area contributed by atoms with Crippen LogP contribution in [0.3, 0.4) is 0 Å². The zero-order valence-electron chi connectivity index (χ0n) is 13.3. The second-order valence-electron chi connectivity index (χ2n) is 4.89. The average molecular weight is 314 g/mol. The lowest BCUT2D eigenvalue weighted by Crippen LogP contribution is -2.31. The van der Waals surface area contributed by atoms with Crippen LogP contribution in [0.15, 0.2) is 17.0 Å². The first kappa shape index (κ1) is 17.9. The fraction of sp³-hybridized carbons (Fsp3) is 0.600.